The van der Waals surface area contributed by atoms with Crippen molar-refractivity contribution in [2.24, 2.45) is 0 Å². The third-order valence-electron chi connectivity index (χ3n) is 5.75. The van der Waals surface area contributed by atoms with Crippen LogP contribution in [0.25, 0.3) is 0 Å². The van der Waals surface area contributed by atoms with E-state index in [-0.39, 0.29) is 17.5 Å². The van der Waals surface area contributed by atoms with Crippen LogP contribution in [0, 0.1) is 0 Å². The fourth-order valence-corrected chi connectivity index (χ4v) is 4.61. The number of ether oxygens (including phenoxy) is 1. The first kappa shape index (κ1) is 15.5. The fraction of sp³-hybridized carbons (Fsp3) is 0.476. The molecule has 3 heterocycles. The number of rotatable bonds is 4. The smallest absolute Gasteiger partial charge is 0.331 e. The highest BCUT2D eigenvalue weighted by Crippen LogP contribution is 2.54. The Balaban J connectivity index is 1.85. The van der Waals surface area contributed by atoms with Gasteiger partial charge >= 0.3 is 5.97 Å². The van der Waals surface area contributed by atoms with Gasteiger partial charge in [-0.3, -0.25) is 0 Å². The fourth-order valence-electron chi connectivity index (χ4n) is 4.61. The minimum Gasteiger partial charge on any atom is -0.454 e. The highest BCUT2D eigenvalue weighted by molar-refractivity contribution is 5.85. The van der Waals surface area contributed by atoms with E-state index >= 15 is 0 Å². The van der Waals surface area contributed by atoms with E-state index in [0.29, 0.717) is 0 Å². The normalized spacial score (nSPS) is 27.7. The molecule has 2 unspecified atom stereocenters. The summed E-state index contributed by atoms with van der Waals surface area (Å²) < 4.78 is 5.61. The van der Waals surface area contributed by atoms with Gasteiger partial charge in [-0.05, 0) is 31.1 Å². The second-order valence-electron chi connectivity index (χ2n) is 7.31. The molecule has 0 aromatic heterocycles. The van der Waals surface area contributed by atoms with Crippen LogP contribution >= 0.6 is 0 Å². The molecule has 24 heavy (non-hydrogen) atoms. The van der Waals surface area contributed by atoms with Crippen LogP contribution in [0.4, 0.5) is 5.69 Å². The van der Waals surface area contributed by atoms with Crippen molar-refractivity contribution >= 4 is 11.7 Å². The molecule has 1 aromatic carbocycles. The van der Waals surface area contributed by atoms with E-state index in [1.165, 1.54) is 41.8 Å². The van der Waals surface area contributed by atoms with Crippen LogP contribution in [0.1, 0.15) is 51.5 Å². The lowest BCUT2D eigenvalue weighted by Gasteiger charge is -2.39. The van der Waals surface area contributed by atoms with Crippen LogP contribution in [0.3, 0.4) is 0 Å². The summed E-state index contributed by atoms with van der Waals surface area (Å²) in [6, 6.07) is 8.79. The Hall–Kier alpha value is -2.03. The van der Waals surface area contributed by atoms with E-state index in [0.717, 1.165) is 19.4 Å². The number of benzene rings is 1. The third kappa shape index (κ3) is 2.21. The highest BCUT2D eigenvalue weighted by atomic mass is 16.5. The zero-order valence-electron chi connectivity index (χ0n) is 14.5. The quantitative estimate of drug-likeness (QED) is 0.604. The van der Waals surface area contributed by atoms with E-state index in [9.17, 15) is 4.79 Å². The molecule has 2 atom stereocenters. The molecule has 0 N–H and O–H groups in total. The van der Waals surface area contributed by atoms with Gasteiger partial charge in [0.2, 0.25) is 0 Å². The number of hydrogen-bond donors (Lipinski definition) is 0. The van der Waals surface area contributed by atoms with Crippen LogP contribution in [0.2, 0.25) is 0 Å². The maximum Gasteiger partial charge on any atom is 0.331 e. The number of nitrogens with zero attached hydrogens (tertiary/aromatic N) is 1. The average Bonchev–Trinajstić information content (AvgIpc) is 2.85. The number of hydrogen-bond acceptors (Lipinski definition) is 3. The van der Waals surface area contributed by atoms with Gasteiger partial charge in [-0.25, -0.2) is 4.79 Å². The molecule has 1 aromatic rings. The first-order valence-electron chi connectivity index (χ1n) is 9.15. The Kier molecular flexibility index (Phi) is 3.75. The van der Waals surface area contributed by atoms with Crippen molar-refractivity contribution in [3.8, 4) is 0 Å². The number of esters is 1. The van der Waals surface area contributed by atoms with Crippen molar-refractivity contribution in [2.75, 3.05) is 11.4 Å². The van der Waals surface area contributed by atoms with Gasteiger partial charge in [0.25, 0.3) is 0 Å². The molecule has 3 aliphatic heterocycles. The lowest BCUT2D eigenvalue weighted by atomic mass is 9.74. The van der Waals surface area contributed by atoms with Crippen molar-refractivity contribution < 1.29 is 9.53 Å². The Morgan fingerprint density at radius 2 is 2.08 bits per heavy atom. The molecule has 3 aliphatic rings. The summed E-state index contributed by atoms with van der Waals surface area (Å²) in [7, 11) is 0. The number of unbranched alkanes of at least 4 members (excludes halogenated alkanes) is 2. The van der Waals surface area contributed by atoms with Gasteiger partial charge in [0.15, 0.2) is 0 Å². The van der Waals surface area contributed by atoms with Crippen molar-refractivity contribution in [2.45, 2.75) is 57.5 Å². The van der Waals surface area contributed by atoms with E-state index in [2.05, 4.69) is 43.0 Å². The van der Waals surface area contributed by atoms with Gasteiger partial charge < -0.3 is 9.64 Å². The summed E-state index contributed by atoms with van der Waals surface area (Å²) in [6.45, 7) is 5.54. The number of anilines is 1. The number of carbonyl (C=O) groups is 1. The Bertz CT molecular complexity index is 733. The zero-order chi connectivity index (χ0) is 16.7. The molecule has 0 saturated heterocycles. The number of para-hydroxylation sites is 1. The van der Waals surface area contributed by atoms with Gasteiger partial charge in [0, 0.05) is 41.4 Å². The molecule has 4 rings (SSSR count). The topological polar surface area (TPSA) is 29.5 Å². The summed E-state index contributed by atoms with van der Waals surface area (Å²) in [5, 5.41) is 0. The van der Waals surface area contributed by atoms with Gasteiger partial charge in [0.05, 0.1) is 0 Å². The Morgan fingerprint density at radius 3 is 2.92 bits per heavy atom. The van der Waals surface area contributed by atoms with E-state index in [1.54, 1.807) is 6.08 Å². The lowest BCUT2D eigenvalue weighted by Crippen LogP contribution is -2.40. The summed E-state index contributed by atoms with van der Waals surface area (Å²) in [5.41, 5.74) is 5.33. The summed E-state index contributed by atoms with van der Waals surface area (Å²) in [5.74, 6) is -0.207. The number of fused-ring (bicyclic) bond motifs is 4. The monoisotopic (exact) mass is 323 g/mol. The maximum absolute atomic E-state index is 11.7. The molecule has 3 nitrogen and oxygen atoms in total. The van der Waals surface area contributed by atoms with Crippen LogP contribution in [0.5, 0.6) is 0 Å². The molecule has 0 spiro atoms. The Labute approximate surface area is 144 Å². The second kappa shape index (κ2) is 5.80. The largest absolute Gasteiger partial charge is 0.454 e. The lowest BCUT2D eigenvalue weighted by molar-refractivity contribution is -0.142. The van der Waals surface area contributed by atoms with Gasteiger partial charge in [-0.1, -0.05) is 44.4 Å². The summed E-state index contributed by atoms with van der Waals surface area (Å²) >= 11 is 0. The predicted octanol–water partition coefficient (Wildman–Crippen LogP) is 4.48. The van der Waals surface area contributed by atoms with Crippen molar-refractivity contribution in [1.82, 2.24) is 0 Å². The minimum absolute atomic E-state index is 0.00779. The first-order chi connectivity index (χ1) is 11.6. The molecular weight excluding hydrogens is 298 g/mol. The number of allylic oxidation sites excluding steroid dienone is 1. The van der Waals surface area contributed by atoms with Crippen LogP contribution in [0.15, 0.2) is 47.7 Å². The highest BCUT2D eigenvalue weighted by Gasteiger charge is 2.48. The maximum atomic E-state index is 11.7. The third-order valence-corrected chi connectivity index (χ3v) is 5.75. The van der Waals surface area contributed by atoms with Crippen molar-refractivity contribution in [3.63, 3.8) is 0 Å². The molecule has 126 valence electrons. The van der Waals surface area contributed by atoms with Gasteiger partial charge in [-0.15, -0.1) is 0 Å². The SMILES string of the molecule is CCCCCC1(C)C2=C3C=CC(=O)OC3CCN2c2ccccc21. The zero-order valence-corrected chi connectivity index (χ0v) is 14.5. The average molecular weight is 323 g/mol. The summed E-state index contributed by atoms with van der Waals surface area (Å²) in [4.78, 5) is 14.1. The first-order valence-corrected chi connectivity index (χ1v) is 9.15. The Morgan fingerprint density at radius 1 is 1.25 bits per heavy atom. The standard InChI is InChI=1S/C21H25NO2/c1-3-4-7-13-21(2)16-8-5-6-9-17(16)22-14-12-18-15(20(21)22)10-11-19(23)24-18/h5-6,8-11,18H,3-4,7,12-14H2,1-2H3. The summed E-state index contributed by atoms with van der Waals surface area (Å²) in [6.07, 6.45) is 9.23. The molecule has 0 saturated carbocycles. The molecule has 0 bridgehead atoms. The molecule has 0 fully saturated rings. The van der Waals surface area contributed by atoms with E-state index in [1.807, 2.05) is 6.08 Å². The molecule has 0 radical (unpaired) electrons. The predicted molar refractivity (Wildman–Crippen MR) is 95.9 cm³/mol. The number of carbonyl (C=O) groups excluding carboxylic acids is 1. The van der Waals surface area contributed by atoms with Crippen LogP contribution in [-0.2, 0) is 14.9 Å². The minimum atomic E-state index is -0.207. The van der Waals surface area contributed by atoms with Crippen molar-refractivity contribution in [1.29, 1.82) is 0 Å². The van der Waals surface area contributed by atoms with Gasteiger partial charge in [0.1, 0.15) is 6.10 Å². The van der Waals surface area contributed by atoms with Crippen LogP contribution < -0.4 is 4.90 Å². The molecule has 0 aliphatic carbocycles. The molecule has 3 heteroatoms. The van der Waals surface area contributed by atoms with E-state index in [4.69, 9.17) is 4.74 Å². The van der Waals surface area contributed by atoms with Crippen LogP contribution in [-0.4, -0.2) is 18.6 Å². The second-order valence-corrected chi connectivity index (χ2v) is 7.31. The molecule has 0 amide bonds. The van der Waals surface area contributed by atoms with Gasteiger partial charge in [-0.2, -0.15) is 0 Å². The van der Waals surface area contributed by atoms with E-state index < -0.39 is 0 Å². The van der Waals surface area contributed by atoms with Crippen molar-refractivity contribution in [3.05, 3.63) is 53.3 Å². The molecular formula is C21H25NO2.